The van der Waals surface area contributed by atoms with Crippen LogP contribution in [0, 0.1) is 0 Å². The van der Waals surface area contributed by atoms with Crippen LogP contribution in [0.25, 0.3) is 11.1 Å². The van der Waals surface area contributed by atoms with Crippen LogP contribution in [0.5, 0.6) is 11.5 Å². The third-order valence-corrected chi connectivity index (χ3v) is 5.46. The quantitative estimate of drug-likeness (QED) is 0.646. The van der Waals surface area contributed by atoms with E-state index in [9.17, 15) is 14.4 Å². The molecular formula is C21H19N3O6. The number of ether oxygens (including phenoxy) is 2. The van der Waals surface area contributed by atoms with Crippen LogP contribution in [0.1, 0.15) is 12.5 Å². The smallest absolute Gasteiger partial charge is 0.420 e. The number of nitrogens with one attached hydrogen (secondary N) is 1. The maximum absolute atomic E-state index is 13.1. The molecule has 1 fully saturated rings. The number of hydrogen-bond acceptors (Lipinski definition) is 6. The Hall–Kier alpha value is -3.75. The highest BCUT2D eigenvalue weighted by Crippen LogP contribution is 2.34. The first-order valence-corrected chi connectivity index (χ1v) is 9.56. The van der Waals surface area contributed by atoms with Crippen molar-refractivity contribution in [2.75, 3.05) is 13.3 Å². The van der Waals surface area contributed by atoms with E-state index in [0.29, 0.717) is 29.0 Å². The van der Waals surface area contributed by atoms with Gasteiger partial charge in [0.25, 0.3) is 5.91 Å². The Morgan fingerprint density at radius 3 is 2.70 bits per heavy atom. The van der Waals surface area contributed by atoms with E-state index in [4.69, 9.17) is 13.9 Å². The molecule has 3 heterocycles. The molecule has 154 valence electrons. The Bertz CT molecular complexity index is 1230. The summed E-state index contributed by atoms with van der Waals surface area (Å²) in [4.78, 5) is 38.9. The molecule has 2 aromatic carbocycles. The molecule has 2 aliphatic rings. The molecule has 0 unspecified atom stereocenters. The van der Waals surface area contributed by atoms with Crippen molar-refractivity contribution in [3.63, 3.8) is 0 Å². The normalized spacial score (nSPS) is 20.2. The lowest BCUT2D eigenvalue weighted by Gasteiger charge is -2.22. The van der Waals surface area contributed by atoms with Crippen LogP contribution < -0.4 is 20.5 Å². The largest absolute Gasteiger partial charge is 0.454 e. The Labute approximate surface area is 170 Å². The van der Waals surface area contributed by atoms with Crippen LogP contribution in [0.2, 0.25) is 0 Å². The van der Waals surface area contributed by atoms with E-state index < -0.39 is 17.3 Å². The fourth-order valence-corrected chi connectivity index (χ4v) is 3.95. The van der Waals surface area contributed by atoms with E-state index in [1.807, 2.05) is 12.1 Å². The third-order valence-electron chi connectivity index (χ3n) is 5.46. The van der Waals surface area contributed by atoms with Gasteiger partial charge in [-0.25, -0.2) is 9.59 Å². The summed E-state index contributed by atoms with van der Waals surface area (Å²) >= 11 is 0. The summed E-state index contributed by atoms with van der Waals surface area (Å²) in [7, 11) is 0. The van der Waals surface area contributed by atoms with Crippen molar-refractivity contribution in [2.24, 2.45) is 0 Å². The van der Waals surface area contributed by atoms with E-state index in [-0.39, 0.29) is 25.8 Å². The predicted octanol–water partition coefficient (Wildman–Crippen LogP) is 1.88. The fraction of sp³-hybridized carbons (Fsp3) is 0.286. The summed E-state index contributed by atoms with van der Waals surface area (Å²) in [5.74, 6) is 0.415. The van der Waals surface area contributed by atoms with Gasteiger partial charge < -0.3 is 19.2 Å². The highest BCUT2D eigenvalue weighted by Gasteiger charge is 2.47. The van der Waals surface area contributed by atoms with E-state index in [0.717, 1.165) is 10.5 Å². The molecular weight excluding hydrogens is 390 g/mol. The molecule has 1 atom stereocenters. The van der Waals surface area contributed by atoms with Gasteiger partial charge in [0.05, 0.1) is 5.52 Å². The first-order chi connectivity index (χ1) is 14.4. The summed E-state index contributed by atoms with van der Waals surface area (Å²) in [5, 5.41) is 2.78. The molecule has 2 aliphatic heterocycles. The van der Waals surface area contributed by atoms with Gasteiger partial charge in [0, 0.05) is 19.5 Å². The molecule has 1 aromatic heterocycles. The second-order valence-corrected chi connectivity index (χ2v) is 7.57. The van der Waals surface area contributed by atoms with Gasteiger partial charge in [-0.3, -0.25) is 14.3 Å². The SMILES string of the molecule is C[C@]1(Cc2ccc3c(c2)OCO3)NC(=O)N(CCn2c(=O)oc3ccccc32)C1=O. The third kappa shape index (κ3) is 2.90. The number of carbonyl (C=O) groups is 2. The molecule has 0 bridgehead atoms. The zero-order valence-corrected chi connectivity index (χ0v) is 16.2. The van der Waals surface area contributed by atoms with Gasteiger partial charge in [0.15, 0.2) is 17.1 Å². The maximum atomic E-state index is 13.1. The van der Waals surface area contributed by atoms with Crippen molar-refractivity contribution in [3.05, 3.63) is 58.6 Å². The summed E-state index contributed by atoms with van der Waals surface area (Å²) in [6.45, 7) is 2.07. The molecule has 5 rings (SSSR count). The molecule has 0 aliphatic carbocycles. The topological polar surface area (TPSA) is 103 Å². The number of hydrogen-bond donors (Lipinski definition) is 1. The molecule has 9 heteroatoms. The zero-order chi connectivity index (χ0) is 20.9. The monoisotopic (exact) mass is 409 g/mol. The predicted molar refractivity (Wildman–Crippen MR) is 105 cm³/mol. The lowest BCUT2D eigenvalue weighted by molar-refractivity contribution is -0.130. The van der Waals surface area contributed by atoms with Gasteiger partial charge in [-0.2, -0.15) is 0 Å². The van der Waals surface area contributed by atoms with Gasteiger partial charge in [0.1, 0.15) is 5.54 Å². The standard InChI is InChI=1S/C21H19N3O6/c1-21(11-13-6-7-16-17(10-13)29-12-28-16)18(25)24(19(26)22-21)9-8-23-14-4-2-3-5-15(14)30-20(23)27/h2-7,10H,8-9,11-12H2,1H3,(H,22,26)/t21-/m1/s1. The van der Waals surface area contributed by atoms with E-state index in [1.165, 1.54) is 4.57 Å². The first-order valence-electron chi connectivity index (χ1n) is 9.56. The lowest BCUT2D eigenvalue weighted by atomic mass is 9.92. The molecule has 3 aromatic rings. The van der Waals surface area contributed by atoms with Crippen molar-refractivity contribution in [1.82, 2.24) is 14.8 Å². The average Bonchev–Trinajstić information content (AvgIpc) is 3.36. The fourth-order valence-electron chi connectivity index (χ4n) is 3.95. The summed E-state index contributed by atoms with van der Waals surface area (Å²) in [5.41, 5.74) is 0.841. The lowest BCUT2D eigenvalue weighted by Crippen LogP contribution is -2.46. The molecule has 3 amide bonds. The summed E-state index contributed by atoms with van der Waals surface area (Å²) < 4.78 is 17.3. The first kappa shape index (κ1) is 18.3. The number of amides is 3. The van der Waals surface area contributed by atoms with Crippen LogP contribution in [0.15, 0.2) is 51.7 Å². The number of para-hydroxylation sites is 2. The number of oxazole rings is 1. The average molecular weight is 409 g/mol. The molecule has 0 spiro atoms. The van der Waals surface area contributed by atoms with Gasteiger partial charge in [0.2, 0.25) is 6.79 Å². The van der Waals surface area contributed by atoms with Gasteiger partial charge in [-0.15, -0.1) is 0 Å². The van der Waals surface area contributed by atoms with Crippen LogP contribution >= 0.6 is 0 Å². The number of urea groups is 1. The highest BCUT2D eigenvalue weighted by atomic mass is 16.7. The van der Waals surface area contributed by atoms with Crippen LogP contribution in [0.4, 0.5) is 4.79 Å². The maximum Gasteiger partial charge on any atom is 0.420 e. The highest BCUT2D eigenvalue weighted by molar-refractivity contribution is 6.07. The van der Waals surface area contributed by atoms with Crippen molar-refractivity contribution < 1.29 is 23.5 Å². The number of nitrogens with zero attached hydrogens (tertiary/aromatic N) is 2. The minimum atomic E-state index is -1.09. The van der Waals surface area contributed by atoms with Gasteiger partial charge in [-0.1, -0.05) is 18.2 Å². The zero-order valence-electron chi connectivity index (χ0n) is 16.2. The van der Waals surface area contributed by atoms with Crippen LogP contribution in [0.3, 0.4) is 0 Å². The van der Waals surface area contributed by atoms with Gasteiger partial charge in [-0.05, 0) is 36.8 Å². The number of aromatic nitrogens is 1. The molecule has 0 saturated carbocycles. The van der Waals surface area contributed by atoms with Crippen molar-refractivity contribution in [3.8, 4) is 11.5 Å². The summed E-state index contributed by atoms with van der Waals surface area (Å²) in [6, 6.07) is 12.0. The number of benzene rings is 2. The Kier molecular flexibility index (Phi) is 4.05. The Morgan fingerprint density at radius 1 is 1.03 bits per heavy atom. The molecule has 1 N–H and O–H groups in total. The van der Waals surface area contributed by atoms with E-state index in [2.05, 4.69) is 5.32 Å². The Balaban J connectivity index is 1.33. The molecule has 30 heavy (non-hydrogen) atoms. The minimum absolute atomic E-state index is 0.0603. The molecule has 9 nitrogen and oxygen atoms in total. The molecule has 1 saturated heterocycles. The van der Waals surface area contributed by atoms with Crippen molar-refractivity contribution in [2.45, 2.75) is 25.4 Å². The van der Waals surface area contributed by atoms with Crippen LogP contribution in [-0.2, 0) is 17.8 Å². The second-order valence-electron chi connectivity index (χ2n) is 7.57. The number of carbonyl (C=O) groups excluding carboxylic acids is 2. The summed E-state index contributed by atoms with van der Waals surface area (Å²) in [6.07, 6.45) is 0.305. The number of rotatable bonds is 5. The van der Waals surface area contributed by atoms with E-state index >= 15 is 0 Å². The van der Waals surface area contributed by atoms with Gasteiger partial charge >= 0.3 is 11.8 Å². The van der Waals surface area contributed by atoms with Crippen molar-refractivity contribution >= 4 is 23.0 Å². The number of fused-ring (bicyclic) bond motifs is 2. The number of imide groups is 1. The second kappa shape index (κ2) is 6.65. The van der Waals surface area contributed by atoms with E-state index in [1.54, 1.807) is 37.3 Å². The molecule has 0 radical (unpaired) electrons. The van der Waals surface area contributed by atoms with Crippen LogP contribution in [-0.4, -0.2) is 40.3 Å². The minimum Gasteiger partial charge on any atom is -0.454 e. The Morgan fingerprint density at radius 2 is 1.83 bits per heavy atom. The van der Waals surface area contributed by atoms with Crippen molar-refractivity contribution in [1.29, 1.82) is 0 Å².